The molecular weight excluding hydrogens is 299 g/mol. The number of nitrogens with zero attached hydrogens (tertiary/aromatic N) is 3. The van der Waals surface area contributed by atoms with Crippen LogP contribution in [0, 0.1) is 5.82 Å². The first-order valence-electron chi connectivity index (χ1n) is 6.07. The Bertz CT molecular complexity index is 601. The summed E-state index contributed by atoms with van der Waals surface area (Å²) in [4.78, 5) is 0. The van der Waals surface area contributed by atoms with Crippen molar-refractivity contribution in [1.29, 1.82) is 0 Å². The number of halogens is 2. The second-order valence-corrected chi connectivity index (χ2v) is 6.76. The highest BCUT2D eigenvalue weighted by Crippen LogP contribution is 2.29. The molecule has 0 aliphatic carbocycles. The molecule has 1 aromatic heterocycles. The van der Waals surface area contributed by atoms with Crippen LogP contribution in [0.3, 0.4) is 0 Å². The largest absolute Gasteiger partial charge is 0.336 e. The number of nitrogens with two attached hydrogens (primary N) is 1. The van der Waals surface area contributed by atoms with E-state index in [9.17, 15) is 4.39 Å². The molecule has 0 radical (unpaired) electrons. The van der Waals surface area contributed by atoms with Crippen LogP contribution >= 0.6 is 23.4 Å². The van der Waals surface area contributed by atoms with Crippen LogP contribution in [0.4, 0.5) is 4.39 Å². The lowest BCUT2D eigenvalue weighted by Crippen LogP contribution is -2.24. The summed E-state index contributed by atoms with van der Waals surface area (Å²) in [6.07, 6.45) is 0. The van der Waals surface area contributed by atoms with E-state index in [1.807, 2.05) is 20.8 Å². The van der Waals surface area contributed by atoms with E-state index in [1.165, 1.54) is 22.5 Å². The first-order chi connectivity index (χ1) is 9.30. The van der Waals surface area contributed by atoms with Gasteiger partial charge >= 0.3 is 0 Å². The highest BCUT2D eigenvalue weighted by Gasteiger charge is 2.23. The van der Waals surface area contributed by atoms with Crippen molar-refractivity contribution < 1.29 is 4.39 Å². The minimum atomic E-state index is -0.330. The summed E-state index contributed by atoms with van der Waals surface area (Å²) in [7, 11) is 0. The third kappa shape index (κ3) is 3.07. The fourth-order valence-corrected chi connectivity index (χ4v) is 2.89. The predicted octanol–water partition coefficient (Wildman–Crippen LogP) is 3.37. The van der Waals surface area contributed by atoms with Crippen molar-refractivity contribution in [2.45, 2.75) is 37.1 Å². The molecule has 2 N–H and O–H groups in total. The molecule has 0 unspecified atom stereocenters. The highest BCUT2D eigenvalue weighted by molar-refractivity contribution is 7.98. The molecule has 1 heterocycles. The molecule has 4 nitrogen and oxygen atoms in total. The van der Waals surface area contributed by atoms with Gasteiger partial charge in [-0.05, 0) is 12.1 Å². The third-order valence-electron chi connectivity index (χ3n) is 2.74. The summed E-state index contributed by atoms with van der Waals surface area (Å²) in [5, 5.41) is 9.06. The van der Waals surface area contributed by atoms with Gasteiger partial charge in [-0.15, -0.1) is 10.2 Å². The fourth-order valence-electron chi connectivity index (χ4n) is 1.69. The maximum Gasteiger partial charge on any atom is 0.210 e. The molecule has 0 saturated carbocycles. The van der Waals surface area contributed by atoms with Gasteiger partial charge < -0.3 is 5.84 Å². The number of hydrogen-bond acceptors (Lipinski definition) is 4. The molecule has 0 aliphatic heterocycles. The van der Waals surface area contributed by atoms with Crippen molar-refractivity contribution in [2.75, 3.05) is 5.84 Å². The maximum absolute atomic E-state index is 13.7. The Morgan fingerprint density at radius 2 is 2.05 bits per heavy atom. The molecule has 0 bridgehead atoms. The molecule has 1 aromatic carbocycles. The van der Waals surface area contributed by atoms with Crippen LogP contribution in [0.5, 0.6) is 0 Å². The van der Waals surface area contributed by atoms with Crippen LogP contribution < -0.4 is 5.84 Å². The number of aromatic nitrogens is 3. The van der Waals surface area contributed by atoms with Crippen LogP contribution in [0.25, 0.3) is 0 Å². The summed E-state index contributed by atoms with van der Waals surface area (Å²) < 4.78 is 15.1. The van der Waals surface area contributed by atoms with Crippen LogP contribution in [-0.2, 0) is 11.2 Å². The molecule has 2 rings (SSSR count). The van der Waals surface area contributed by atoms with E-state index in [0.717, 1.165) is 0 Å². The highest BCUT2D eigenvalue weighted by atomic mass is 35.5. The average molecular weight is 315 g/mol. The lowest BCUT2D eigenvalue weighted by Gasteiger charge is -2.16. The zero-order valence-corrected chi connectivity index (χ0v) is 13.1. The van der Waals surface area contributed by atoms with Gasteiger partial charge in [-0.2, -0.15) is 0 Å². The molecule has 0 saturated heterocycles. The van der Waals surface area contributed by atoms with Crippen LogP contribution in [0.2, 0.25) is 5.02 Å². The van der Waals surface area contributed by atoms with Gasteiger partial charge in [0.1, 0.15) is 5.82 Å². The second-order valence-electron chi connectivity index (χ2n) is 5.42. The van der Waals surface area contributed by atoms with E-state index in [-0.39, 0.29) is 11.2 Å². The molecule has 7 heteroatoms. The number of nitrogen functional groups attached to an aromatic ring is 1. The molecule has 2 aromatic rings. The molecule has 108 valence electrons. The Morgan fingerprint density at radius 3 is 2.60 bits per heavy atom. The summed E-state index contributed by atoms with van der Waals surface area (Å²) in [6, 6.07) is 4.62. The minimum Gasteiger partial charge on any atom is -0.336 e. The van der Waals surface area contributed by atoms with Crippen molar-refractivity contribution >= 4 is 23.4 Å². The van der Waals surface area contributed by atoms with Gasteiger partial charge in [-0.25, -0.2) is 9.07 Å². The molecular formula is C13H16ClFN4S. The molecule has 0 spiro atoms. The van der Waals surface area contributed by atoms with E-state index >= 15 is 0 Å². The van der Waals surface area contributed by atoms with Gasteiger partial charge in [-0.3, -0.25) is 0 Å². The normalized spacial score (nSPS) is 11.8. The van der Waals surface area contributed by atoms with E-state index in [4.69, 9.17) is 17.4 Å². The Morgan fingerprint density at radius 1 is 1.35 bits per heavy atom. The SMILES string of the molecule is CC(C)(C)c1nnc(SCc2c(F)cccc2Cl)n1N. The number of benzene rings is 1. The number of rotatable bonds is 3. The van der Waals surface area contributed by atoms with Crippen molar-refractivity contribution in [3.63, 3.8) is 0 Å². The average Bonchev–Trinajstić information content (AvgIpc) is 2.70. The number of hydrogen-bond donors (Lipinski definition) is 1. The van der Waals surface area contributed by atoms with Crippen molar-refractivity contribution in [1.82, 2.24) is 14.9 Å². The van der Waals surface area contributed by atoms with Gasteiger partial charge in [0.25, 0.3) is 0 Å². The summed E-state index contributed by atoms with van der Waals surface area (Å²) in [5.41, 5.74) is 0.246. The predicted molar refractivity (Wildman–Crippen MR) is 79.8 cm³/mol. The quantitative estimate of drug-likeness (QED) is 0.697. The lowest BCUT2D eigenvalue weighted by atomic mass is 9.96. The van der Waals surface area contributed by atoms with Gasteiger partial charge in [0, 0.05) is 21.8 Å². The monoisotopic (exact) mass is 314 g/mol. The minimum absolute atomic E-state index is 0.198. The van der Waals surface area contributed by atoms with Gasteiger partial charge in [0.2, 0.25) is 5.16 Å². The number of thioether (sulfide) groups is 1. The van der Waals surface area contributed by atoms with Gasteiger partial charge in [-0.1, -0.05) is 50.2 Å². The van der Waals surface area contributed by atoms with Crippen molar-refractivity contribution in [3.05, 3.63) is 40.4 Å². The second kappa shape index (κ2) is 5.61. The van der Waals surface area contributed by atoms with E-state index in [0.29, 0.717) is 27.3 Å². The van der Waals surface area contributed by atoms with Crippen LogP contribution in [0.1, 0.15) is 32.2 Å². The van der Waals surface area contributed by atoms with Crippen LogP contribution in [0.15, 0.2) is 23.4 Å². The zero-order valence-electron chi connectivity index (χ0n) is 11.5. The molecule has 0 fully saturated rings. The van der Waals surface area contributed by atoms with Gasteiger partial charge in [0.05, 0.1) is 0 Å². The first kappa shape index (κ1) is 15.1. The topological polar surface area (TPSA) is 56.7 Å². The fraction of sp³-hybridized carbons (Fsp3) is 0.385. The smallest absolute Gasteiger partial charge is 0.210 e. The summed E-state index contributed by atoms with van der Waals surface area (Å²) in [5.74, 6) is 6.68. The molecule has 0 aliphatic rings. The Kier molecular flexibility index (Phi) is 4.25. The Labute approximate surface area is 126 Å². The Hall–Kier alpha value is -1.27. The van der Waals surface area contributed by atoms with E-state index in [2.05, 4.69) is 10.2 Å². The summed E-state index contributed by atoms with van der Waals surface area (Å²) in [6.45, 7) is 6.01. The third-order valence-corrected chi connectivity index (χ3v) is 4.07. The van der Waals surface area contributed by atoms with E-state index in [1.54, 1.807) is 12.1 Å². The molecule has 0 atom stereocenters. The summed E-state index contributed by atoms with van der Waals surface area (Å²) >= 11 is 7.29. The van der Waals surface area contributed by atoms with Gasteiger partial charge in [0.15, 0.2) is 5.82 Å². The first-order valence-corrected chi connectivity index (χ1v) is 7.43. The standard InChI is InChI=1S/C13H16ClFN4S/c1-13(2,3)11-17-18-12(19(11)16)20-7-8-9(14)5-4-6-10(8)15/h4-6H,7,16H2,1-3H3. The Balaban J connectivity index is 2.18. The lowest BCUT2D eigenvalue weighted by molar-refractivity contribution is 0.523. The molecule has 20 heavy (non-hydrogen) atoms. The van der Waals surface area contributed by atoms with E-state index < -0.39 is 0 Å². The zero-order chi connectivity index (χ0) is 14.9. The van der Waals surface area contributed by atoms with Crippen molar-refractivity contribution in [3.8, 4) is 0 Å². The molecule has 0 amide bonds. The van der Waals surface area contributed by atoms with Crippen molar-refractivity contribution in [2.24, 2.45) is 0 Å². The van der Waals surface area contributed by atoms with Crippen LogP contribution in [-0.4, -0.2) is 14.9 Å². The maximum atomic E-state index is 13.7.